The Bertz CT molecular complexity index is 1080. The maximum Gasteiger partial charge on any atom is 0.187 e. The van der Waals surface area contributed by atoms with Crippen LogP contribution < -0.4 is 10.7 Å². The topological polar surface area (TPSA) is 66.7 Å². The van der Waals surface area contributed by atoms with Gasteiger partial charge in [0.15, 0.2) is 11.4 Å². The van der Waals surface area contributed by atoms with E-state index in [4.69, 9.17) is 4.74 Å². The van der Waals surface area contributed by atoms with E-state index in [1.54, 1.807) is 31.0 Å². The third-order valence-corrected chi connectivity index (χ3v) is 7.58. The highest BCUT2D eigenvalue weighted by Crippen LogP contribution is 2.31. The lowest BCUT2D eigenvalue weighted by molar-refractivity contribution is -0.0278. The van der Waals surface area contributed by atoms with E-state index in [2.05, 4.69) is 46.0 Å². The first kappa shape index (κ1) is 25.3. The van der Waals surface area contributed by atoms with Crippen LogP contribution in [0.5, 0.6) is 0 Å². The van der Waals surface area contributed by atoms with E-state index in [1.165, 1.54) is 6.07 Å². The van der Waals surface area contributed by atoms with Gasteiger partial charge in [0.1, 0.15) is 11.7 Å². The van der Waals surface area contributed by atoms with Crippen molar-refractivity contribution in [1.29, 1.82) is 0 Å². The van der Waals surface area contributed by atoms with Crippen molar-refractivity contribution in [2.75, 3.05) is 36.6 Å². The highest BCUT2D eigenvalue weighted by Gasteiger charge is 2.29. The van der Waals surface area contributed by atoms with Crippen LogP contribution in [0.15, 0.2) is 59.5 Å². The molecule has 2 aliphatic rings. The average Bonchev–Trinajstić information content (AvgIpc) is 3.29. The fourth-order valence-electron chi connectivity index (χ4n) is 4.56. The Labute approximate surface area is 211 Å². The Morgan fingerprint density at radius 3 is 2.91 bits per heavy atom. The predicted octanol–water partition coefficient (Wildman–Crippen LogP) is 5.33. The zero-order chi connectivity index (χ0) is 24.8. The molecule has 2 atom stereocenters. The zero-order valence-corrected chi connectivity index (χ0v) is 21.5. The highest BCUT2D eigenvalue weighted by atomic mass is 32.2. The van der Waals surface area contributed by atoms with Gasteiger partial charge in [0.05, 0.1) is 18.0 Å². The summed E-state index contributed by atoms with van der Waals surface area (Å²) in [5.74, 6) is 2.08. The minimum absolute atomic E-state index is 0.129. The fourth-order valence-corrected chi connectivity index (χ4v) is 5.42. The number of nitrogens with zero attached hydrogens (tertiary/aromatic N) is 4. The number of amidine groups is 1. The smallest absolute Gasteiger partial charge is 0.187 e. The number of piperidine rings is 1. The first-order valence-electron chi connectivity index (χ1n) is 12.2. The van der Waals surface area contributed by atoms with Gasteiger partial charge in [-0.1, -0.05) is 31.3 Å². The van der Waals surface area contributed by atoms with E-state index in [0.717, 1.165) is 54.8 Å². The summed E-state index contributed by atoms with van der Waals surface area (Å²) in [6.45, 7) is 10.00. The molecule has 1 aromatic heterocycles. The monoisotopic (exact) mass is 498 g/mol. The van der Waals surface area contributed by atoms with Crippen LogP contribution in [-0.4, -0.2) is 58.6 Å². The summed E-state index contributed by atoms with van der Waals surface area (Å²) in [4.78, 5) is 11.6. The summed E-state index contributed by atoms with van der Waals surface area (Å²) in [5.41, 5.74) is 5.23. The van der Waals surface area contributed by atoms with Crippen molar-refractivity contribution in [2.45, 2.75) is 50.6 Å². The quantitative estimate of drug-likeness (QED) is 0.291. The van der Waals surface area contributed by atoms with Crippen LogP contribution in [0.25, 0.3) is 11.3 Å². The minimum atomic E-state index is -0.293. The molecule has 2 unspecified atom stereocenters. The van der Waals surface area contributed by atoms with Gasteiger partial charge in [-0.2, -0.15) is 0 Å². The number of hydrogen-bond acceptors (Lipinski definition) is 6. The molecule has 4 rings (SSSR count). The van der Waals surface area contributed by atoms with Gasteiger partial charge in [-0.25, -0.2) is 19.0 Å². The Hall–Kier alpha value is -2.78. The van der Waals surface area contributed by atoms with Crippen molar-refractivity contribution in [2.24, 2.45) is 10.9 Å². The van der Waals surface area contributed by atoms with E-state index >= 15 is 0 Å². The summed E-state index contributed by atoms with van der Waals surface area (Å²) in [6, 6.07) is 5.09. The van der Waals surface area contributed by atoms with Crippen molar-refractivity contribution >= 4 is 23.3 Å². The SMILES string of the molecule is C=C/C=C\N=C(CC)N1CCC(C(C)OC2CSc3nc(-c4ccc(NC)cc4F)cn3N2)CC1. The second-order valence-corrected chi connectivity index (χ2v) is 9.78. The van der Waals surface area contributed by atoms with Gasteiger partial charge in [0.25, 0.3) is 0 Å². The van der Waals surface area contributed by atoms with Gasteiger partial charge < -0.3 is 15.0 Å². The summed E-state index contributed by atoms with van der Waals surface area (Å²) >= 11 is 1.62. The number of aromatic nitrogens is 2. The van der Waals surface area contributed by atoms with Gasteiger partial charge in [-0.15, -0.1) is 0 Å². The number of halogens is 1. The molecule has 0 radical (unpaired) electrons. The van der Waals surface area contributed by atoms with Gasteiger partial charge in [-0.05, 0) is 50.0 Å². The molecule has 188 valence electrons. The Morgan fingerprint density at radius 1 is 1.43 bits per heavy atom. The second-order valence-electron chi connectivity index (χ2n) is 8.79. The standard InChI is InChI=1S/C26H35FN6OS/c1-5-7-12-29-24(6-2)32-13-10-19(11-14-32)18(3)34-25-17-35-26-30-23(16-33(26)31-25)21-9-8-20(28-4)15-22(21)27/h5,7-9,12,15-16,18-19,25,28,31H,1,6,10-11,13-14,17H2,2-4H3/b12-7-,29-24?. The number of allylic oxidation sites excluding steroid dienone is 2. The molecule has 1 aromatic carbocycles. The van der Waals surface area contributed by atoms with Crippen LogP contribution in [0.3, 0.4) is 0 Å². The van der Waals surface area contributed by atoms with Crippen LogP contribution in [0.4, 0.5) is 10.1 Å². The molecule has 2 N–H and O–H groups in total. The zero-order valence-electron chi connectivity index (χ0n) is 20.7. The normalized spacial score (nSPS) is 19.9. The third-order valence-electron chi connectivity index (χ3n) is 6.56. The molecule has 0 aliphatic carbocycles. The summed E-state index contributed by atoms with van der Waals surface area (Å²) < 4.78 is 22.8. The van der Waals surface area contributed by atoms with Crippen LogP contribution in [0.1, 0.15) is 33.1 Å². The maximum absolute atomic E-state index is 14.6. The first-order valence-corrected chi connectivity index (χ1v) is 13.2. The van der Waals surface area contributed by atoms with Crippen LogP contribution in [0.2, 0.25) is 0 Å². The number of aliphatic imine (C=N–C) groups is 1. The Balaban J connectivity index is 1.32. The Kier molecular flexibility index (Phi) is 8.51. The molecule has 1 saturated heterocycles. The van der Waals surface area contributed by atoms with Gasteiger partial charge in [0.2, 0.25) is 0 Å². The molecule has 2 aliphatic heterocycles. The molecule has 0 bridgehead atoms. The molecular formula is C26H35FN6OS. The summed E-state index contributed by atoms with van der Waals surface area (Å²) in [5, 5.41) is 3.77. The number of imidazole rings is 1. The van der Waals surface area contributed by atoms with E-state index in [-0.39, 0.29) is 18.1 Å². The third kappa shape index (κ3) is 6.08. The number of rotatable bonds is 8. The largest absolute Gasteiger partial charge is 0.388 e. The molecule has 0 saturated carbocycles. The predicted molar refractivity (Wildman–Crippen MR) is 143 cm³/mol. The lowest BCUT2D eigenvalue weighted by Gasteiger charge is -2.38. The molecule has 3 heterocycles. The van der Waals surface area contributed by atoms with E-state index in [0.29, 0.717) is 17.2 Å². The number of thioether (sulfide) groups is 1. The number of ether oxygens (including phenoxy) is 1. The molecule has 2 aromatic rings. The van der Waals surface area contributed by atoms with Crippen molar-refractivity contribution in [3.63, 3.8) is 0 Å². The lowest BCUT2D eigenvalue weighted by Crippen LogP contribution is -2.44. The van der Waals surface area contributed by atoms with Crippen molar-refractivity contribution < 1.29 is 9.13 Å². The van der Waals surface area contributed by atoms with Crippen LogP contribution in [-0.2, 0) is 4.74 Å². The molecular weight excluding hydrogens is 463 g/mol. The van der Waals surface area contributed by atoms with Gasteiger partial charge in [0, 0.05) is 49.8 Å². The van der Waals surface area contributed by atoms with Crippen LogP contribution in [0, 0.1) is 11.7 Å². The molecule has 9 heteroatoms. The second kappa shape index (κ2) is 11.8. The van der Waals surface area contributed by atoms with Gasteiger partial charge in [-0.3, -0.25) is 5.43 Å². The summed E-state index contributed by atoms with van der Waals surface area (Å²) in [6.07, 6.45) is 10.3. The molecule has 35 heavy (non-hydrogen) atoms. The van der Waals surface area contributed by atoms with Crippen LogP contribution >= 0.6 is 11.8 Å². The number of anilines is 1. The van der Waals surface area contributed by atoms with Crippen molar-refractivity contribution in [3.05, 3.63) is 55.1 Å². The van der Waals surface area contributed by atoms with E-state index in [1.807, 2.05) is 29.2 Å². The number of benzene rings is 1. The molecule has 1 fully saturated rings. The first-order chi connectivity index (χ1) is 17.0. The van der Waals surface area contributed by atoms with Gasteiger partial charge >= 0.3 is 0 Å². The summed E-state index contributed by atoms with van der Waals surface area (Å²) in [7, 11) is 1.77. The Morgan fingerprint density at radius 2 is 2.23 bits per heavy atom. The number of nitrogens with one attached hydrogen (secondary N) is 2. The molecule has 0 amide bonds. The lowest BCUT2D eigenvalue weighted by atomic mass is 9.92. The highest BCUT2D eigenvalue weighted by molar-refractivity contribution is 7.99. The number of hydrogen-bond donors (Lipinski definition) is 2. The van der Waals surface area contributed by atoms with Crippen molar-refractivity contribution in [3.8, 4) is 11.3 Å². The number of fused-ring (bicyclic) bond motifs is 1. The maximum atomic E-state index is 14.6. The molecule has 7 nitrogen and oxygen atoms in total. The van der Waals surface area contributed by atoms with Crippen molar-refractivity contribution in [1.82, 2.24) is 14.6 Å². The minimum Gasteiger partial charge on any atom is -0.388 e. The van der Waals surface area contributed by atoms with E-state index < -0.39 is 0 Å². The molecule has 0 spiro atoms. The number of likely N-dealkylation sites (tertiary alicyclic amines) is 1. The van der Waals surface area contributed by atoms with E-state index in [9.17, 15) is 4.39 Å². The average molecular weight is 499 g/mol. The fraction of sp³-hybridized carbons (Fsp3) is 0.462.